The van der Waals surface area contributed by atoms with Crippen molar-refractivity contribution in [3.05, 3.63) is 141 Å². The number of nitrogens with one attached hydrogen (secondary N) is 1. The number of carbonyl (C=O) groups excluding carboxylic acids is 3. The zero-order chi connectivity index (χ0) is 31.1. The van der Waals surface area contributed by atoms with Crippen LogP contribution >= 0.6 is 0 Å². The van der Waals surface area contributed by atoms with Gasteiger partial charge in [0.05, 0.1) is 11.1 Å². The number of anilines is 1. The van der Waals surface area contributed by atoms with Crippen LogP contribution in [-0.2, 0) is 14.2 Å². The highest BCUT2D eigenvalue weighted by Crippen LogP contribution is 2.42. The van der Waals surface area contributed by atoms with Gasteiger partial charge < -0.3 is 19.5 Å². The molecule has 1 fully saturated rings. The number of rotatable bonds is 9. The predicted octanol–water partition coefficient (Wildman–Crippen LogP) is 4.45. The van der Waals surface area contributed by atoms with E-state index in [0.717, 1.165) is 10.8 Å². The lowest BCUT2D eigenvalue weighted by Crippen LogP contribution is -2.47. The summed E-state index contributed by atoms with van der Waals surface area (Å²) in [6, 6.07) is 24.8. The lowest BCUT2D eigenvalue weighted by Gasteiger charge is -2.28. The van der Waals surface area contributed by atoms with E-state index >= 15 is 4.39 Å². The van der Waals surface area contributed by atoms with Crippen LogP contribution < -0.4 is 11.0 Å². The first-order valence-electron chi connectivity index (χ1n) is 13.1. The van der Waals surface area contributed by atoms with Crippen LogP contribution in [0, 0.1) is 0 Å². The summed E-state index contributed by atoms with van der Waals surface area (Å²) in [6.45, 7) is -0.873. The highest BCUT2D eigenvalue weighted by Gasteiger charge is 2.60. The van der Waals surface area contributed by atoms with Crippen LogP contribution in [0.3, 0.4) is 0 Å². The van der Waals surface area contributed by atoms with E-state index in [9.17, 15) is 24.7 Å². The number of hydrogen-bond donors (Lipinski definition) is 1. The van der Waals surface area contributed by atoms with Gasteiger partial charge in [-0.2, -0.15) is 4.98 Å². The molecule has 0 unspecified atom stereocenters. The van der Waals surface area contributed by atoms with Crippen molar-refractivity contribution in [2.45, 2.75) is 24.2 Å². The van der Waals surface area contributed by atoms with E-state index in [2.05, 4.69) is 20.3 Å². The number of azide groups is 1. The highest BCUT2D eigenvalue weighted by atomic mass is 19.1. The first-order chi connectivity index (χ1) is 21.3. The summed E-state index contributed by atoms with van der Waals surface area (Å²) in [5, 5.41) is 6.04. The average molecular weight is 599 g/mol. The van der Waals surface area contributed by atoms with Crippen LogP contribution in [0.5, 0.6) is 0 Å². The van der Waals surface area contributed by atoms with E-state index < -0.39 is 54.4 Å². The molecule has 4 aromatic rings. The molecule has 13 nitrogen and oxygen atoms in total. The number of carbonyl (C=O) groups is 3. The molecule has 0 saturated carbocycles. The molecular formula is C30H23FN6O7. The van der Waals surface area contributed by atoms with Crippen LogP contribution in [-0.4, -0.2) is 52.0 Å². The van der Waals surface area contributed by atoms with Gasteiger partial charge in [-0.05, 0) is 48.0 Å². The number of halogens is 1. The zero-order valence-corrected chi connectivity index (χ0v) is 22.7. The fourth-order valence-electron chi connectivity index (χ4n) is 4.45. The van der Waals surface area contributed by atoms with Crippen molar-refractivity contribution in [1.82, 2.24) is 9.55 Å². The fraction of sp³-hybridized carbons (Fsp3) is 0.167. The summed E-state index contributed by atoms with van der Waals surface area (Å²) < 4.78 is 33.5. The molecule has 1 saturated heterocycles. The Morgan fingerprint density at radius 2 is 1.50 bits per heavy atom. The number of benzene rings is 3. The Morgan fingerprint density at radius 3 is 2.07 bits per heavy atom. The number of ether oxygens (including phenoxy) is 3. The van der Waals surface area contributed by atoms with Crippen molar-refractivity contribution in [3.8, 4) is 0 Å². The first-order valence-corrected chi connectivity index (χ1v) is 13.1. The van der Waals surface area contributed by atoms with Crippen molar-refractivity contribution in [3.63, 3.8) is 0 Å². The van der Waals surface area contributed by atoms with Gasteiger partial charge >= 0.3 is 17.6 Å². The number of esters is 2. The summed E-state index contributed by atoms with van der Waals surface area (Å²) in [6.07, 6.45) is -5.02. The number of hydrogen-bond acceptors (Lipinski definition) is 9. The minimum Gasteiger partial charge on any atom is -0.459 e. The molecule has 3 aromatic carbocycles. The smallest absolute Gasteiger partial charge is 0.351 e. The van der Waals surface area contributed by atoms with Crippen LogP contribution in [0.2, 0.25) is 0 Å². The molecule has 0 aliphatic carbocycles. The minimum absolute atomic E-state index is 0.0524. The second-order valence-electron chi connectivity index (χ2n) is 9.44. The molecule has 5 rings (SSSR count). The molecule has 0 radical (unpaired) electrons. The fourth-order valence-corrected chi connectivity index (χ4v) is 4.45. The van der Waals surface area contributed by atoms with Gasteiger partial charge in [0.15, 0.2) is 18.5 Å². The topological polar surface area (TPSA) is 175 Å². The molecule has 1 N–H and O–H groups in total. The molecule has 0 bridgehead atoms. The maximum Gasteiger partial charge on any atom is 0.351 e. The van der Waals surface area contributed by atoms with E-state index in [-0.39, 0.29) is 16.9 Å². The third-order valence-electron chi connectivity index (χ3n) is 6.59. The zero-order valence-electron chi connectivity index (χ0n) is 22.7. The summed E-state index contributed by atoms with van der Waals surface area (Å²) in [7, 11) is 0. The van der Waals surface area contributed by atoms with Crippen molar-refractivity contribution in [2.75, 3.05) is 11.9 Å². The third-order valence-corrected chi connectivity index (χ3v) is 6.59. The molecule has 222 valence electrons. The van der Waals surface area contributed by atoms with Gasteiger partial charge in [-0.15, -0.1) is 0 Å². The van der Waals surface area contributed by atoms with Crippen molar-refractivity contribution >= 4 is 23.7 Å². The van der Waals surface area contributed by atoms with Gasteiger partial charge in [-0.25, -0.2) is 18.8 Å². The van der Waals surface area contributed by atoms with Gasteiger partial charge in [0.2, 0.25) is 5.72 Å². The molecule has 2 heterocycles. The van der Waals surface area contributed by atoms with Gasteiger partial charge in [0.25, 0.3) is 5.91 Å². The second kappa shape index (κ2) is 13.0. The Morgan fingerprint density at radius 1 is 0.932 bits per heavy atom. The number of amides is 1. The van der Waals surface area contributed by atoms with Crippen LogP contribution in [0.15, 0.2) is 113 Å². The Hall–Kier alpha value is -5.85. The minimum atomic E-state index is -2.42. The van der Waals surface area contributed by atoms with Gasteiger partial charge in [0.1, 0.15) is 12.4 Å². The summed E-state index contributed by atoms with van der Waals surface area (Å²) in [5.74, 6) is -2.50. The largest absolute Gasteiger partial charge is 0.459 e. The van der Waals surface area contributed by atoms with Gasteiger partial charge in [-0.1, -0.05) is 59.7 Å². The predicted molar refractivity (Wildman–Crippen MR) is 152 cm³/mol. The van der Waals surface area contributed by atoms with E-state index in [1.807, 2.05) is 0 Å². The van der Waals surface area contributed by atoms with Crippen LogP contribution in [0.4, 0.5) is 10.2 Å². The molecule has 1 aliphatic heterocycles. The van der Waals surface area contributed by atoms with Crippen LogP contribution in [0.1, 0.15) is 37.3 Å². The number of aromatic nitrogens is 2. The molecule has 14 heteroatoms. The lowest BCUT2D eigenvalue weighted by molar-refractivity contribution is -0.129. The molecule has 1 aromatic heterocycles. The molecule has 4 atom stereocenters. The molecule has 0 spiro atoms. The van der Waals surface area contributed by atoms with Gasteiger partial charge in [0, 0.05) is 16.7 Å². The first kappa shape index (κ1) is 29.6. The molecule has 1 amide bonds. The maximum atomic E-state index is 16.2. The highest BCUT2D eigenvalue weighted by molar-refractivity contribution is 6.03. The standard InChI is InChI=1S/C30H23FN6O7/c31-23-24(43-28(40)21-14-8-3-9-15-21)30(35-36-32,18-42-27(39)20-12-6-2-7-13-20)44-26(23)37-17-16-22(34-29(37)41)33-25(38)19-10-4-1-5-11-19/h1-17,23-24,26H,18H2,(H,33,34,38,41)/t23-,24+,26-,30-/m1/s1. The van der Waals surface area contributed by atoms with Crippen molar-refractivity contribution < 1.29 is 33.0 Å². The molecular weight excluding hydrogens is 575 g/mol. The second-order valence-corrected chi connectivity index (χ2v) is 9.44. The van der Waals surface area contributed by atoms with Crippen molar-refractivity contribution in [1.29, 1.82) is 0 Å². The average Bonchev–Trinajstić information content (AvgIpc) is 3.31. The maximum absolute atomic E-state index is 16.2. The molecule has 44 heavy (non-hydrogen) atoms. The van der Waals surface area contributed by atoms with E-state index in [4.69, 9.17) is 14.2 Å². The molecule has 1 aliphatic rings. The SMILES string of the molecule is [N-]=[N+]=N[C@]1(COC(=O)c2ccccc2)O[C@@H](n2ccc(NC(=O)c3ccccc3)nc2=O)[C@H](F)[C@@H]1OC(=O)c1ccccc1. The number of nitrogens with zero attached hydrogens (tertiary/aromatic N) is 5. The third kappa shape index (κ3) is 6.31. The summed E-state index contributed by atoms with van der Waals surface area (Å²) >= 11 is 0. The normalized spacial score (nSPS) is 20.6. The Bertz CT molecular complexity index is 1770. The quantitative estimate of drug-likeness (QED) is 0.127. The van der Waals surface area contributed by atoms with Gasteiger partial charge in [-0.3, -0.25) is 9.36 Å². The summed E-state index contributed by atoms with van der Waals surface area (Å²) in [4.78, 5) is 57.7. The van der Waals surface area contributed by atoms with Crippen LogP contribution in [0.25, 0.3) is 10.4 Å². The van der Waals surface area contributed by atoms with E-state index in [1.54, 1.807) is 66.7 Å². The number of alkyl halides is 1. The Labute approximate surface area is 248 Å². The Kier molecular flexibility index (Phi) is 8.74. The summed E-state index contributed by atoms with van der Waals surface area (Å²) in [5.41, 5.74) is 6.45. The Balaban J connectivity index is 1.45. The van der Waals surface area contributed by atoms with Crippen molar-refractivity contribution in [2.24, 2.45) is 5.11 Å². The van der Waals surface area contributed by atoms with E-state index in [1.165, 1.54) is 30.3 Å². The monoisotopic (exact) mass is 598 g/mol. The lowest BCUT2D eigenvalue weighted by atomic mass is 10.1. The van der Waals surface area contributed by atoms with E-state index in [0.29, 0.717) is 5.56 Å².